The third-order valence-corrected chi connectivity index (χ3v) is 7.48. The van der Waals surface area contributed by atoms with Crippen LogP contribution in [0, 0.1) is 5.92 Å². The minimum atomic E-state index is 0.450. The van der Waals surface area contributed by atoms with Crippen molar-refractivity contribution in [2.45, 2.75) is 38.1 Å². The number of ether oxygens (including phenoxy) is 1. The fourth-order valence-corrected chi connectivity index (χ4v) is 5.33. The molecule has 0 aromatic carbocycles. The lowest BCUT2D eigenvalue weighted by Crippen LogP contribution is -2.47. The van der Waals surface area contributed by atoms with Crippen LogP contribution in [0.2, 0.25) is 0 Å². The summed E-state index contributed by atoms with van der Waals surface area (Å²) < 4.78 is 5.56. The molecule has 4 heterocycles. The van der Waals surface area contributed by atoms with Gasteiger partial charge in [0.15, 0.2) is 0 Å². The number of aromatic amines is 1. The van der Waals surface area contributed by atoms with Gasteiger partial charge in [0.25, 0.3) is 0 Å². The first-order chi connectivity index (χ1) is 15.7. The van der Waals surface area contributed by atoms with Gasteiger partial charge in [0, 0.05) is 62.8 Å². The lowest BCUT2D eigenvalue weighted by Gasteiger charge is -2.37. The van der Waals surface area contributed by atoms with E-state index in [1.165, 1.54) is 44.2 Å². The van der Waals surface area contributed by atoms with E-state index in [-0.39, 0.29) is 0 Å². The number of rotatable bonds is 6. The molecule has 0 radical (unpaired) electrons. The van der Waals surface area contributed by atoms with E-state index in [2.05, 4.69) is 43.9 Å². The van der Waals surface area contributed by atoms with E-state index in [1.807, 2.05) is 6.20 Å². The molecule has 174 valence electrons. The molecule has 1 saturated carbocycles. The van der Waals surface area contributed by atoms with E-state index in [0.717, 1.165) is 75.7 Å². The zero-order valence-corrected chi connectivity index (χ0v) is 19.2. The molecular formula is C25H38N6O. The van der Waals surface area contributed by atoms with E-state index in [0.29, 0.717) is 6.04 Å². The molecule has 0 unspecified atom stereocenters. The van der Waals surface area contributed by atoms with Gasteiger partial charge in [-0.3, -0.25) is 4.90 Å². The van der Waals surface area contributed by atoms with E-state index in [9.17, 15) is 0 Å². The average Bonchev–Trinajstić information content (AvgIpc) is 3.40. The van der Waals surface area contributed by atoms with Crippen LogP contribution in [0.15, 0.2) is 30.5 Å². The van der Waals surface area contributed by atoms with Crippen LogP contribution in [0.1, 0.15) is 32.1 Å². The normalized spacial score (nSPS) is 25.3. The number of nitrogens with one attached hydrogen (secondary N) is 1. The first-order valence-corrected chi connectivity index (χ1v) is 12.5. The molecule has 5 rings (SSSR count). The summed E-state index contributed by atoms with van der Waals surface area (Å²) in [4.78, 5) is 15.9. The molecule has 2 aromatic rings. The smallest absolute Gasteiger partial charge is 0.131 e. The molecule has 2 aliphatic heterocycles. The van der Waals surface area contributed by atoms with Crippen molar-refractivity contribution in [1.82, 2.24) is 14.9 Å². The van der Waals surface area contributed by atoms with Crippen LogP contribution >= 0.6 is 0 Å². The molecule has 2 saturated heterocycles. The first-order valence-electron chi connectivity index (χ1n) is 12.5. The minimum Gasteiger partial charge on any atom is -0.378 e. The van der Waals surface area contributed by atoms with Gasteiger partial charge in [-0.2, -0.15) is 0 Å². The molecule has 7 heteroatoms. The SMILES string of the molecule is NC1CCC(CCN2CCN(c3cc(-c4ccc[nH]4)cc(N4CCOCC4)n3)CC2)CC1. The summed E-state index contributed by atoms with van der Waals surface area (Å²) in [5.41, 5.74) is 8.43. The Morgan fingerprint density at radius 3 is 2.28 bits per heavy atom. The van der Waals surface area contributed by atoms with Crippen LogP contribution in [-0.2, 0) is 4.74 Å². The fourth-order valence-electron chi connectivity index (χ4n) is 5.33. The van der Waals surface area contributed by atoms with Crippen molar-refractivity contribution in [3.05, 3.63) is 30.5 Å². The molecule has 3 aliphatic rings. The second-order valence-corrected chi connectivity index (χ2v) is 9.65. The van der Waals surface area contributed by atoms with E-state index >= 15 is 0 Å². The topological polar surface area (TPSA) is 73.7 Å². The number of nitrogens with two attached hydrogens (primary N) is 1. The highest BCUT2D eigenvalue weighted by molar-refractivity contribution is 5.68. The highest BCUT2D eigenvalue weighted by atomic mass is 16.5. The number of pyridine rings is 1. The van der Waals surface area contributed by atoms with Gasteiger partial charge in [-0.15, -0.1) is 0 Å². The minimum absolute atomic E-state index is 0.450. The Balaban J connectivity index is 1.23. The van der Waals surface area contributed by atoms with Gasteiger partial charge in [0.05, 0.1) is 13.2 Å². The zero-order valence-electron chi connectivity index (χ0n) is 19.2. The molecular weight excluding hydrogens is 400 g/mol. The number of anilines is 2. The molecule has 3 N–H and O–H groups in total. The van der Waals surface area contributed by atoms with Crippen molar-refractivity contribution in [3.63, 3.8) is 0 Å². The van der Waals surface area contributed by atoms with Crippen molar-refractivity contribution in [3.8, 4) is 11.3 Å². The van der Waals surface area contributed by atoms with Crippen molar-refractivity contribution < 1.29 is 4.74 Å². The summed E-state index contributed by atoms with van der Waals surface area (Å²) >= 11 is 0. The maximum atomic E-state index is 6.07. The summed E-state index contributed by atoms with van der Waals surface area (Å²) in [6.45, 7) is 8.90. The summed E-state index contributed by atoms with van der Waals surface area (Å²) in [6.07, 6.45) is 8.39. The van der Waals surface area contributed by atoms with Gasteiger partial charge in [-0.05, 0) is 68.8 Å². The predicted octanol–water partition coefficient (Wildman–Crippen LogP) is 2.94. The summed E-state index contributed by atoms with van der Waals surface area (Å²) in [6, 6.07) is 9.11. The maximum absolute atomic E-state index is 6.07. The van der Waals surface area contributed by atoms with Crippen LogP contribution < -0.4 is 15.5 Å². The first kappa shape index (κ1) is 21.7. The van der Waals surface area contributed by atoms with Gasteiger partial charge < -0.3 is 25.3 Å². The molecule has 32 heavy (non-hydrogen) atoms. The monoisotopic (exact) mass is 438 g/mol. The van der Waals surface area contributed by atoms with Gasteiger partial charge in [-0.25, -0.2) is 4.98 Å². The largest absolute Gasteiger partial charge is 0.378 e. The lowest BCUT2D eigenvalue weighted by molar-refractivity contribution is 0.122. The van der Waals surface area contributed by atoms with Crippen molar-refractivity contribution in [2.75, 3.05) is 68.8 Å². The maximum Gasteiger partial charge on any atom is 0.131 e. The van der Waals surface area contributed by atoms with Crippen LogP contribution in [-0.4, -0.2) is 79.9 Å². The summed E-state index contributed by atoms with van der Waals surface area (Å²) in [5, 5.41) is 0. The van der Waals surface area contributed by atoms with Crippen molar-refractivity contribution in [2.24, 2.45) is 11.7 Å². The average molecular weight is 439 g/mol. The number of morpholine rings is 1. The molecule has 0 atom stereocenters. The molecule has 0 amide bonds. The van der Waals surface area contributed by atoms with Crippen LogP contribution in [0.4, 0.5) is 11.6 Å². The van der Waals surface area contributed by atoms with Gasteiger partial charge >= 0.3 is 0 Å². The van der Waals surface area contributed by atoms with Crippen molar-refractivity contribution >= 4 is 11.6 Å². The Hall–Kier alpha value is -2.09. The quantitative estimate of drug-likeness (QED) is 0.722. The molecule has 1 aliphatic carbocycles. The Bertz CT molecular complexity index is 834. The van der Waals surface area contributed by atoms with Gasteiger partial charge in [-0.1, -0.05) is 0 Å². The number of aromatic nitrogens is 2. The number of nitrogens with zero attached hydrogens (tertiary/aromatic N) is 4. The summed E-state index contributed by atoms with van der Waals surface area (Å²) in [5.74, 6) is 3.04. The number of hydrogen-bond acceptors (Lipinski definition) is 6. The molecule has 7 nitrogen and oxygen atoms in total. The highest BCUT2D eigenvalue weighted by Gasteiger charge is 2.23. The van der Waals surface area contributed by atoms with Crippen molar-refractivity contribution in [1.29, 1.82) is 0 Å². The van der Waals surface area contributed by atoms with Crippen LogP contribution in [0.25, 0.3) is 11.3 Å². The number of H-pyrrole nitrogens is 1. The number of hydrogen-bond donors (Lipinski definition) is 2. The number of piperazine rings is 1. The standard InChI is InChI=1S/C25H38N6O/c26-22-5-3-20(4-6-22)7-9-29-10-12-30(13-11-29)24-18-21(23-2-1-8-27-23)19-25(28-24)31-14-16-32-17-15-31/h1-2,8,18-20,22,27H,3-7,9-17,26H2. The Morgan fingerprint density at radius 2 is 1.62 bits per heavy atom. The van der Waals surface area contributed by atoms with Crippen LogP contribution in [0.5, 0.6) is 0 Å². The molecule has 0 spiro atoms. The molecule has 3 fully saturated rings. The summed E-state index contributed by atoms with van der Waals surface area (Å²) in [7, 11) is 0. The zero-order chi connectivity index (χ0) is 21.8. The predicted molar refractivity (Wildman–Crippen MR) is 130 cm³/mol. The Labute approximate surface area is 191 Å². The van der Waals surface area contributed by atoms with Gasteiger partial charge in [0.1, 0.15) is 11.6 Å². The molecule has 0 bridgehead atoms. The Kier molecular flexibility index (Phi) is 6.95. The highest BCUT2D eigenvalue weighted by Crippen LogP contribution is 2.29. The Morgan fingerprint density at radius 1 is 0.938 bits per heavy atom. The van der Waals surface area contributed by atoms with Crippen LogP contribution in [0.3, 0.4) is 0 Å². The fraction of sp³-hybridized carbons (Fsp3) is 0.640. The van der Waals surface area contributed by atoms with Gasteiger partial charge in [0.2, 0.25) is 0 Å². The van der Waals surface area contributed by atoms with E-state index < -0.39 is 0 Å². The second-order valence-electron chi connectivity index (χ2n) is 9.65. The molecule has 2 aromatic heterocycles. The lowest BCUT2D eigenvalue weighted by atomic mass is 9.84. The third kappa shape index (κ3) is 5.27. The van der Waals surface area contributed by atoms with E-state index in [4.69, 9.17) is 15.5 Å². The second kappa shape index (κ2) is 10.2. The third-order valence-electron chi connectivity index (χ3n) is 7.48. The van der Waals surface area contributed by atoms with E-state index in [1.54, 1.807) is 0 Å².